The van der Waals surface area contributed by atoms with E-state index in [2.05, 4.69) is 25.8 Å². The zero-order chi connectivity index (χ0) is 11.6. The van der Waals surface area contributed by atoms with Crippen LogP contribution in [-0.4, -0.2) is 54.0 Å². The first-order chi connectivity index (χ1) is 7.62. The Hall–Kier alpha value is -1.80. The lowest BCUT2D eigenvalue weighted by atomic mass is 10.1. The molecule has 0 spiro atoms. The molecular weight excluding hydrogens is 212 g/mol. The molecule has 8 heteroatoms. The number of aromatic nitrogens is 5. The van der Waals surface area contributed by atoms with Crippen LogP contribution in [0.5, 0.6) is 0 Å². The summed E-state index contributed by atoms with van der Waals surface area (Å²) in [6, 6.07) is 0. The molecule has 0 aliphatic rings. The number of aliphatic hydroxyl groups excluding tert-OH is 1. The number of aliphatic hydroxyl groups is 2. The number of rotatable bonds is 4. The Kier molecular flexibility index (Phi) is 2.67. The van der Waals surface area contributed by atoms with Crippen molar-refractivity contribution in [1.82, 2.24) is 25.0 Å². The topological polar surface area (TPSA) is 108 Å². The summed E-state index contributed by atoms with van der Waals surface area (Å²) >= 11 is 0. The fourth-order valence-electron chi connectivity index (χ4n) is 1.13. The van der Waals surface area contributed by atoms with Gasteiger partial charge in [0.05, 0.1) is 19.0 Å². The molecule has 2 heterocycles. The van der Waals surface area contributed by atoms with Crippen molar-refractivity contribution in [1.29, 1.82) is 0 Å². The van der Waals surface area contributed by atoms with E-state index in [1.54, 1.807) is 0 Å². The molecule has 0 radical (unpaired) electrons. The Bertz CT molecular complexity index is 482. The Morgan fingerprint density at radius 3 is 3.06 bits per heavy atom. The molecule has 1 unspecified atom stereocenters. The smallest absolute Gasteiger partial charge is 0.199 e. The highest BCUT2D eigenvalue weighted by atomic mass is 16.3. The van der Waals surface area contributed by atoms with Gasteiger partial charge < -0.3 is 15.5 Å². The van der Waals surface area contributed by atoms with Crippen LogP contribution >= 0.6 is 0 Å². The molecule has 0 amide bonds. The minimum Gasteiger partial charge on any atom is -0.393 e. The van der Waals surface area contributed by atoms with Crippen LogP contribution in [0.25, 0.3) is 5.65 Å². The van der Waals surface area contributed by atoms with E-state index >= 15 is 0 Å². The minimum atomic E-state index is -1.20. The van der Waals surface area contributed by atoms with Gasteiger partial charge in [0.15, 0.2) is 11.5 Å². The SMILES string of the molecule is CC(O)(CO)CNc1cncc2nnnn12. The highest BCUT2D eigenvalue weighted by Crippen LogP contribution is 2.08. The third kappa shape index (κ3) is 2.07. The van der Waals surface area contributed by atoms with Gasteiger partial charge >= 0.3 is 0 Å². The Labute approximate surface area is 90.9 Å². The first-order valence-corrected chi connectivity index (χ1v) is 4.72. The quantitative estimate of drug-likeness (QED) is 0.590. The molecule has 86 valence electrons. The van der Waals surface area contributed by atoms with Gasteiger partial charge in [0.1, 0.15) is 5.60 Å². The van der Waals surface area contributed by atoms with E-state index in [0.717, 1.165) is 0 Å². The van der Waals surface area contributed by atoms with Crippen molar-refractivity contribution >= 4 is 11.5 Å². The van der Waals surface area contributed by atoms with E-state index < -0.39 is 5.60 Å². The summed E-state index contributed by atoms with van der Waals surface area (Å²) < 4.78 is 1.46. The number of anilines is 1. The third-order valence-corrected chi connectivity index (χ3v) is 2.10. The maximum Gasteiger partial charge on any atom is 0.199 e. The molecule has 0 saturated heterocycles. The molecule has 0 bridgehead atoms. The Balaban J connectivity index is 2.18. The number of fused-ring (bicyclic) bond motifs is 1. The second kappa shape index (κ2) is 3.99. The van der Waals surface area contributed by atoms with Crippen molar-refractivity contribution in [3.63, 3.8) is 0 Å². The summed E-state index contributed by atoms with van der Waals surface area (Å²) in [6.07, 6.45) is 3.06. The number of hydrogen-bond donors (Lipinski definition) is 3. The molecule has 0 fully saturated rings. The van der Waals surface area contributed by atoms with Gasteiger partial charge in [-0.2, -0.15) is 4.52 Å². The van der Waals surface area contributed by atoms with Crippen LogP contribution in [0.2, 0.25) is 0 Å². The number of nitrogens with one attached hydrogen (secondary N) is 1. The molecule has 2 aromatic rings. The number of hydrogen-bond acceptors (Lipinski definition) is 7. The van der Waals surface area contributed by atoms with Gasteiger partial charge in [-0.25, -0.2) is 0 Å². The highest BCUT2D eigenvalue weighted by molar-refractivity contribution is 5.43. The summed E-state index contributed by atoms with van der Waals surface area (Å²) in [4.78, 5) is 3.94. The van der Waals surface area contributed by atoms with Crippen molar-refractivity contribution in [3.05, 3.63) is 12.4 Å². The lowest BCUT2D eigenvalue weighted by Crippen LogP contribution is -2.37. The van der Waals surface area contributed by atoms with Crippen molar-refractivity contribution in [2.45, 2.75) is 12.5 Å². The Morgan fingerprint density at radius 1 is 1.50 bits per heavy atom. The molecule has 0 aliphatic heterocycles. The predicted octanol–water partition coefficient (Wildman–Crippen LogP) is -1.33. The monoisotopic (exact) mass is 224 g/mol. The standard InChI is InChI=1S/C8H12N6O2/c1-8(16,5-15)4-10-6-2-9-3-7-11-12-13-14(6)7/h2-3,10,15-16H,4-5H2,1H3. The summed E-state index contributed by atoms with van der Waals surface area (Å²) in [5.74, 6) is 0.552. The van der Waals surface area contributed by atoms with Gasteiger partial charge in [0.2, 0.25) is 0 Å². The van der Waals surface area contributed by atoms with Gasteiger partial charge in [-0.05, 0) is 17.4 Å². The van der Waals surface area contributed by atoms with Crippen molar-refractivity contribution in [2.24, 2.45) is 0 Å². The molecule has 2 aromatic heterocycles. The summed E-state index contributed by atoms with van der Waals surface area (Å²) in [5.41, 5.74) is -0.690. The molecular formula is C8H12N6O2. The van der Waals surface area contributed by atoms with Crippen LogP contribution in [0.15, 0.2) is 12.4 Å². The lowest BCUT2D eigenvalue weighted by Gasteiger charge is -2.21. The molecule has 0 aliphatic carbocycles. The first-order valence-electron chi connectivity index (χ1n) is 4.72. The summed E-state index contributed by atoms with van der Waals surface area (Å²) in [5, 5.41) is 32.4. The number of tetrazole rings is 1. The van der Waals surface area contributed by atoms with Crippen LogP contribution in [0, 0.1) is 0 Å². The molecule has 0 aromatic carbocycles. The fourth-order valence-corrected chi connectivity index (χ4v) is 1.13. The van der Waals surface area contributed by atoms with E-state index in [-0.39, 0.29) is 13.2 Å². The van der Waals surface area contributed by atoms with Gasteiger partial charge in [0, 0.05) is 6.54 Å². The van der Waals surface area contributed by atoms with Crippen molar-refractivity contribution in [2.75, 3.05) is 18.5 Å². The second-order valence-electron chi connectivity index (χ2n) is 3.75. The van der Waals surface area contributed by atoms with Crippen LogP contribution in [0.1, 0.15) is 6.92 Å². The summed E-state index contributed by atoms with van der Waals surface area (Å²) in [6.45, 7) is 1.36. The Morgan fingerprint density at radius 2 is 2.31 bits per heavy atom. The van der Waals surface area contributed by atoms with Gasteiger partial charge in [-0.3, -0.25) is 4.98 Å². The average molecular weight is 224 g/mol. The normalized spacial score (nSPS) is 14.9. The van der Waals surface area contributed by atoms with Crippen molar-refractivity contribution < 1.29 is 10.2 Å². The van der Waals surface area contributed by atoms with Gasteiger partial charge in [-0.1, -0.05) is 0 Å². The molecule has 2 rings (SSSR count). The zero-order valence-electron chi connectivity index (χ0n) is 8.70. The average Bonchev–Trinajstić information content (AvgIpc) is 2.75. The van der Waals surface area contributed by atoms with E-state index in [1.807, 2.05) is 0 Å². The van der Waals surface area contributed by atoms with Crippen LogP contribution in [0.4, 0.5) is 5.82 Å². The second-order valence-corrected chi connectivity index (χ2v) is 3.75. The zero-order valence-corrected chi connectivity index (χ0v) is 8.70. The predicted molar refractivity (Wildman–Crippen MR) is 54.8 cm³/mol. The minimum absolute atomic E-state index is 0.171. The highest BCUT2D eigenvalue weighted by Gasteiger charge is 2.19. The molecule has 1 atom stereocenters. The summed E-state index contributed by atoms with van der Waals surface area (Å²) in [7, 11) is 0. The van der Waals surface area contributed by atoms with Gasteiger partial charge in [0.25, 0.3) is 0 Å². The fraction of sp³-hybridized carbons (Fsp3) is 0.500. The van der Waals surface area contributed by atoms with Crippen LogP contribution in [-0.2, 0) is 0 Å². The van der Waals surface area contributed by atoms with Crippen molar-refractivity contribution in [3.8, 4) is 0 Å². The van der Waals surface area contributed by atoms with E-state index in [0.29, 0.717) is 11.5 Å². The van der Waals surface area contributed by atoms with Crippen LogP contribution in [0.3, 0.4) is 0 Å². The van der Waals surface area contributed by atoms with E-state index in [4.69, 9.17) is 5.11 Å². The number of nitrogens with zero attached hydrogens (tertiary/aromatic N) is 5. The molecule has 3 N–H and O–H groups in total. The van der Waals surface area contributed by atoms with E-state index in [1.165, 1.54) is 23.8 Å². The van der Waals surface area contributed by atoms with E-state index in [9.17, 15) is 5.11 Å². The van der Waals surface area contributed by atoms with Crippen LogP contribution < -0.4 is 5.32 Å². The van der Waals surface area contributed by atoms with Gasteiger partial charge in [-0.15, -0.1) is 5.10 Å². The first kappa shape index (κ1) is 10.7. The third-order valence-electron chi connectivity index (χ3n) is 2.10. The molecule has 16 heavy (non-hydrogen) atoms. The maximum atomic E-state index is 9.61. The molecule has 0 saturated carbocycles. The maximum absolute atomic E-state index is 9.61. The largest absolute Gasteiger partial charge is 0.393 e. The molecule has 8 nitrogen and oxygen atoms in total. The lowest BCUT2D eigenvalue weighted by molar-refractivity contribution is 0.0131.